The molecule has 1 unspecified atom stereocenters. The summed E-state index contributed by atoms with van der Waals surface area (Å²) < 4.78 is 11.5. The average molecular weight is 321 g/mol. The molecule has 0 saturated carbocycles. The summed E-state index contributed by atoms with van der Waals surface area (Å²) in [5.74, 6) is 2.53. The van der Waals surface area contributed by atoms with Crippen LogP contribution in [0, 0.1) is 0 Å². The van der Waals surface area contributed by atoms with E-state index in [4.69, 9.17) is 15.2 Å². The third kappa shape index (κ3) is 2.58. The van der Waals surface area contributed by atoms with Gasteiger partial charge in [0.2, 0.25) is 0 Å². The number of pyridine rings is 1. The number of nitrogens with zero attached hydrogens (tertiary/aromatic N) is 1. The van der Waals surface area contributed by atoms with Crippen molar-refractivity contribution in [3.8, 4) is 11.5 Å². The van der Waals surface area contributed by atoms with E-state index in [0.29, 0.717) is 13.2 Å². The minimum absolute atomic E-state index is 0.0153. The molecule has 5 nitrogen and oxygen atoms in total. The summed E-state index contributed by atoms with van der Waals surface area (Å²) in [6.07, 6.45) is 0. The first-order chi connectivity index (χ1) is 11.7. The van der Waals surface area contributed by atoms with Gasteiger partial charge >= 0.3 is 0 Å². The molecule has 0 fully saturated rings. The van der Waals surface area contributed by atoms with Gasteiger partial charge in [-0.2, -0.15) is 0 Å². The molecular weight excluding hydrogens is 302 g/mol. The number of nitrogens with one attached hydrogen (secondary N) is 1. The molecule has 1 aliphatic rings. The van der Waals surface area contributed by atoms with Crippen molar-refractivity contribution in [3.05, 3.63) is 54.1 Å². The van der Waals surface area contributed by atoms with Gasteiger partial charge in [-0.05, 0) is 49.4 Å². The van der Waals surface area contributed by atoms with E-state index in [1.54, 1.807) is 0 Å². The lowest BCUT2D eigenvalue weighted by molar-refractivity contribution is 0.335. The van der Waals surface area contributed by atoms with Gasteiger partial charge in [-0.15, -0.1) is 0 Å². The van der Waals surface area contributed by atoms with Gasteiger partial charge in [-0.25, -0.2) is 4.98 Å². The minimum atomic E-state index is 0.0153. The SMILES string of the molecule is CCOc1cccc2c1C(Nc1ccc3cc(N)ccc3n1)CO2. The van der Waals surface area contributed by atoms with Crippen LogP contribution < -0.4 is 20.5 Å². The molecule has 0 radical (unpaired) electrons. The number of hydrogen-bond acceptors (Lipinski definition) is 5. The van der Waals surface area contributed by atoms with Crippen LogP contribution in [0.1, 0.15) is 18.5 Å². The normalized spacial score (nSPS) is 15.8. The summed E-state index contributed by atoms with van der Waals surface area (Å²) >= 11 is 0. The Kier molecular flexibility index (Phi) is 3.61. The van der Waals surface area contributed by atoms with Crippen LogP contribution in [-0.2, 0) is 0 Å². The van der Waals surface area contributed by atoms with Crippen LogP contribution in [-0.4, -0.2) is 18.2 Å². The molecule has 3 N–H and O–H groups in total. The van der Waals surface area contributed by atoms with Crippen LogP contribution in [0.2, 0.25) is 0 Å². The third-order valence-electron chi connectivity index (χ3n) is 4.12. The number of benzene rings is 2. The molecule has 1 aliphatic heterocycles. The molecule has 24 heavy (non-hydrogen) atoms. The van der Waals surface area contributed by atoms with Crippen molar-refractivity contribution in [1.82, 2.24) is 4.98 Å². The zero-order valence-corrected chi connectivity index (χ0v) is 13.5. The van der Waals surface area contributed by atoms with E-state index < -0.39 is 0 Å². The lowest BCUT2D eigenvalue weighted by atomic mass is 10.1. The van der Waals surface area contributed by atoms with Gasteiger partial charge in [0.05, 0.1) is 23.7 Å². The van der Waals surface area contributed by atoms with Crippen LogP contribution in [0.5, 0.6) is 11.5 Å². The number of rotatable bonds is 4. The van der Waals surface area contributed by atoms with Gasteiger partial charge < -0.3 is 20.5 Å². The van der Waals surface area contributed by atoms with Crippen LogP contribution in [0.3, 0.4) is 0 Å². The average Bonchev–Trinajstić information content (AvgIpc) is 2.99. The highest BCUT2D eigenvalue weighted by Crippen LogP contribution is 2.40. The first-order valence-corrected chi connectivity index (χ1v) is 8.06. The van der Waals surface area contributed by atoms with Crippen molar-refractivity contribution in [2.24, 2.45) is 0 Å². The molecule has 5 heteroatoms. The maximum Gasteiger partial charge on any atom is 0.128 e. The van der Waals surface area contributed by atoms with E-state index in [0.717, 1.165) is 39.5 Å². The Morgan fingerprint density at radius 3 is 3.04 bits per heavy atom. The van der Waals surface area contributed by atoms with Crippen molar-refractivity contribution in [2.75, 3.05) is 24.3 Å². The Bertz CT molecular complexity index is 895. The first-order valence-electron chi connectivity index (χ1n) is 8.06. The van der Waals surface area contributed by atoms with E-state index in [9.17, 15) is 0 Å². The van der Waals surface area contributed by atoms with E-state index in [1.807, 2.05) is 55.5 Å². The topological polar surface area (TPSA) is 69.4 Å². The van der Waals surface area contributed by atoms with Crippen LogP contribution in [0.15, 0.2) is 48.5 Å². The highest BCUT2D eigenvalue weighted by atomic mass is 16.5. The molecule has 0 amide bonds. The second kappa shape index (κ2) is 5.92. The lowest BCUT2D eigenvalue weighted by Gasteiger charge is -2.16. The molecule has 1 atom stereocenters. The number of aromatic nitrogens is 1. The van der Waals surface area contributed by atoms with E-state index in [1.165, 1.54) is 0 Å². The van der Waals surface area contributed by atoms with E-state index in [2.05, 4.69) is 10.3 Å². The Morgan fingerprint density at radius 1 is 1.25 bits per heavy atom. The van der Waals surface area contributed by atoms with Crippen molar-refractivity contribution in [2.45, 2.75) is 13.0 Å². The van der Waals surface area contributed by atoms with Gasteiger partial charge in [-0.3, -0.25) is 0 Å². The summed E-state index contributed by atoms with van der Waals surface area (Å²) in [6, 6.07) is 15.6. The Hall–Kier alpha value is -2.95. The molecule has 122 valence electrons. The molecule has 0 aliphatic carbocycles. The van der Waals surface area contributed by atoms with Gasteiger partial charge in [-0.1, -0.05) is 6.07 Å². The third-order valence-corrected chi connectivity index (χ3v) is 4.12. The molecule has 0 spiro atoms. The fourth-order valence-corrected chi connectivity index (χ4v) is 3.05. The lowest BCUT2D eigenvalue weighted by Crippen LogP contribution is -2.14. The highest BCUT2D eigenvalue weighted by molar-refractivity contribution is 5.83. The standard InChI is InChI=1S/C19H19N3O2/c1-2-23-16-4-3-5-17-19(16)15(11-24-17)22-18-9-6-12-10-13(20)7-8-14(12)21-18/h3-10,15H,2,11,20H2,1H3,(H,21,22). The largest absolute Gasteiger partial charge is 0.493 e. The maximum absolute atomic E-state index is 5.82. The number of ether oxygens (including phenoxy) is 2. The number of nitrogen functional groups attached to an aromatic ring is 1. The fraction of sp³-hybridized carbons (Fsp3) is 0.211. The quantitative estimate of drug-likeness (QED) is 0.716. The molecule has 2 heterocycles. The minimum Gasteiger partial charge on any atom is -0.493 e. The molecule has 4 rings (SSSR count). The van der Waals surface area contributed by atoms with E-state index >= 15 is 0 Å². The molecule has 1 aromatic heterocycles. The van der Waals surface area contributed by atoms with Gasteiger partial charge in [0.15, 0.2) is 0 Å². The molecule has 2 aromatic carbocycles. The van der Waals surface area contributed by atoms with Crippen molar-refractivity contribution >= 4 is 22.4 Å². The summed E-state index contributed by atoms with van der Waals surface area (Å²) in [4.78, 5) is 4.67. The van der Waals surface area contributed by atoms with Crippen LogP contribution >= 0.6 is 0 Å². The first kappa shape index (κ1) is 14.6. The zero-order chi connectivity index (χ0) is 16.5. The van der Waals surface area contributed by atoms with Crippen LogP contribution in [0.25, 0.3) is 10.9 Å². The number of anilines is 2. The molecule has 3 aromatic rings. The number of fused-ring (bicyclic) bond motifs is 2. The van der Waals surface area contributed by atoms with Crippen LogP contribution in [0.4, 0.5) is 11.5 Å². The van der Waals surface area contributed by atoms with E-state index in [-0.39, 0.29) is 6.04 Å². The van der Waals surface area contributed by atoms with Crippen molar-refractivity contribution in [1.29, 1.82) is 0 Å². The highest BCUT2D eigenvalue weighted by Gasteiger charge is 2.28. The fourth-order valence-electron chi connectivity index (χ4n) is 3.05. The smallest absolute Gasteiger partial charge is 0.128 e. The predicted molar refractivity (Wildman–Crippen MR) is 95.6 cm³/mol. The Morgan fingerprint density at radius 2 is 2.17 bits per heavy atom. The summed E-state index contributed by atoms with van der Waals surface area (Å²) in [5.41, 5.74) is 8.52. The number of hydrogen-bond donors (Lipinski definition) is 2. The second-order valence-corrected chi connectivity index (χ2v) is 5.76. The molecule has 0 bridgehead atoms. The summed E-state index contributed by atoms with van der Waals surface area (Å²) in [5, 5.41) is 4.48. The molecular formula is C19H19N3O2. The monoisotopic (exact) mass is 321 g/mol. The van der Waals surface area contributed by atoms with Crippen molar-refractivity contribution in [3.63, 3.8) is 0 Å². The van der Waals surface area contributed by atoms with Gasteiger partial charge in [0, 0.05) is 11.1 Å². The zero-order valence-electron chi connectivity index (χ0n) is 13.5. The predicted octanol–water partition coefficient (Wildman–Crippen LogP) is 3.76. The Labute approximate surface area is 140 Å². The maximum atomic E-state index is 5.82. The number of nitrogens with two attached hydrogens (primary N) is 1. The van der Waals surface area contributed by atoms with Gasteiger partial charge in [0.25, 0.3) is 0 Å². The Balaban J connectivity index is 1.65. The van der Waals surface area contributed by atoms with Crippen molar-refractivity contribution < 1.29 is 9.47 Å². The van der Waals surface area contributed by atoms with Gasteiger partial charge in [0.1, 0.15) is 23.9 Å². The second-order valence-electron chi connectivity index (χ2n) is 5.76. The summed E-state index contributed by atoms with van der Waals surface area (Å²) in [6.45, 7) is 3.16. The molecule has 0 saturated heterocycles. The summed E-state index contributed by atoms with van der Waals surface area (Å²) in [7, 11) is 0.